The fourth-order valence-electron chi connectivity index (χ4n) is 4.88. The monoisotopic (exact) mass is 602 g/mol. The summed E-state index contributed by atoms with van der Waals surface area (Å²) in [6.45, 7) is 7.48. The number of nitrogens with two attached hydrogens (primary N) is 1. The lowest BCUT2D eigenvalue weighted by molar-refractivity contribution is -0.142. The van der Waals surface area contributed by atoms with Gasteiger partial charge >= 0.3 is 5.97 Å². The number of rotatable bonds is 13. The number of hydrogen-bond donors (Lipinski definition) is 3. The molecule has 3 atom stereocenters. The molecule has 0 saturated carbocycles. The van der Waals surface area contributed by atoms with Crippen LogP contribution in [-0.4, -0.2) is 70.1 Å². The van der Waals surface area contributed by atoms with E-state index in [0.717, 1.165) is 5.56 Å². The van der Waals surface area contributed by atoms with E-state index in [1.165, 1.54) is 28.2 Å². The van der Waals surface area contributed by atoms with Gasteiger partial charge in [-0.1, -0.05) is 42.5 Å². The zero-order chi connectivity index (χ0) is 30.4. The minimum Gasteiger partial charge on any atom is -0.480 e. The SMILES string of the molecule is CC(N)=NCCCC(=O)Cc1ccc(CC(NC(=O)[C@H]2N(S(=O)(=O)c3ccccc3)C(C)SC2(C)C)C(=O)O)cc1. The Morgan fingerprint density at radius 3 is 2.29 bits per heavy atom. The number of amidine groups is 1. The van der Waals surface area contributed by atoms with E-state index in [0.29, 0.717) is 30.8 Å². The van der Waals surface area contributed by atoms with Gasteiger partial charge in [-0.25, -0.2) is 13.2 Å². The molecule has 0 aliphatic carbocycles. The molecule has 1 heterocycles. The van der Waals surface area contributed by atoms with E-state index in [1.807, 2.05) is 0 Å². The summed E-state index contributed by atoms with van der Waals surface area (Å²) in [5.74, 6) is -1.35. The molecule has 2 aromatic rings. The standard InChI is InChI=1S/C29H38N4O6S2/c1-19(30)31-16-8-9-23(34)17-21-12-14-22(15-13-21)18-25(28(36)37)32-27(35)26-29(3,4)40-20(2)33(26)41(38,39)24-10-6-5-7-11-24/h5-7,10-15,20,25-26H,8-9,16-18H2,1-4H3,(H2,30,31)(H,32,35)(H,36,37)/t20?,25?,26-/m1/s1. The van der Waals surface area contributed by atoms with Crippen LogP contribution in [0.5, 0.6) is 0 Å². The van der Waals surface area contributed by atoms with E-state index >= 15 is 0 Å². The molecule has 1 fully saturated rings. The molecule has 0 radical (unpaired) electrons. The number of Topliss-reactive ketones (excluding diaryl/α,β-unsaturated/α-hetero) is 1. The number of carbonyl (C=O) groups excluding carboxylic acids is 2. The van der Waals surface area contributed by atoms with Crippen molar-refractivity contribution in [2.75, 3.05) is 6.54 Å². The molecule has 12 heteroatoms. The number of ketones is 1. The highest BCUT2D eigenvalue weighted by Gasteiger charge is 2.55. The van der Waals surface area contributed by atoms with E-state index in [2.05, 4.69) is 10.3 Å². The molecule has 1 amide bonds. The summed E-state index contributed by atoms with van der Waals surface area (Å²) < 4.78 is 27.5. The molecule has 10 nitrogen and oxygen atoms in total. The van der Waals surface area contributed by atoms with Crippen molar-refractivity contribution in [2.24, 2.45) is 10.7 Å². The van der Waals surface area contributed by atoms with Gasteiger partial charge in [0.25, 0.3) is 0 Å². The minimum atomic E-state index is -4.03. The Morgan fingerprint density at radius 2 is 1.71 bits per heavy atom. The molecular formula is C29H38N4O6S2. The van der Waals surface area contributed by atoms with Crippen molar-refractivity contribution in [1.29, 1.82) is 0 Å². The Labute approximate surface area is 245 Å². The fourth-order valence-corrected chi connectivity index (χ4v) is 8.64. The zero-order valence-electron chi connectivity index (χ0n) is 23.7. The molecule has 222 valence electrons. The third-order valence-corrected chi connectivity index (χ3v) is 10.2. The lowest BCUT2D eigenvalue weighted by Gasteiger charge is -2.31. The highest BCUT2D eigenvalue weighted by atomic mass is 32.2. The molecule has 2 unspecified atom stereocenters. The van der Waals surface area contributed by atoms with Crippen molar-refractivity contribution in [1.82, 2.24) is 9.62 Å². The summed E-state index contributed by atoms with van der Waals surface area (Å²) >= 11 is 1.34. The van der Waals surface area contributed by atoms with Gasteiger partial charge in [0.2, 0.25) is 15.9 Å². The van der Waals surface area contributed by atoms with Crippen LogP contribution in [0.2, 0.25) is 0 Å². The third-order valence-electron chi connectivity index (χ3n) is 6.77. The number of benzene rings is 2. The van der Waals surface area contributed by atoms with Crippen molar-refractivity contribution in [3.8, 4) is 0 Å². The van der Waals surface area contributed by atoms with E-state index in [9.17, 15) is 27.9 Å². The van der Waals surface area contributed by atoms with Crippen LogP contribution in [0.1, 0.15) is 51.7 Å². The summed E-state index contributed by atoms with van der Waals surface area (Å²) in [5, 5.41) is 12.0. The summed E-state index contributed by atoms with van der Waals surface area (Å²) in [6.07, 6.45) is 1.25. The van der Waals surface area contributed by atoms with E-state index in [4.69, 9.17) is 5.73 Å². The molecule has 41 heavy (non-hydrogen) atoms. The molecule has 1 aliphatic heterocycles. The summed E-state index contributed by atoms with van der Waals surface area (Å²) in [4.78, 5) is 42.1. The molecular weight excluding hydrogens is 564 g/mol. The van der Waals surface area contributed by atoms with Crippen molar-refractivity contribution in [2.45, 2.75) is 80.5 Å². The van der Waals surface area contributed by atoms with Gasteiger partial charge in [-0.15, -0.1) is 11.8 Å². The maximum atomic E-state index is 13.6. The number of amides is 1. The number of thioether (sulfide) groups is 1. The van der Waals surface area contributed by atoms with Gasteiger partial charge in [-0.05, 0) is 57.4 Å². The van der Waals surface area contributed by atoms with Crippen molar-refractivity contribution < 1.29 is 27.9 Å². The van der Waals surface area contributed by atoms with Gasteiger partial charge in [0.05, 0.1) is 16.1 Å². The average Bonchev–Trinajstić information content (AvgIpc) is 3.16. The quantitative estimate of drug-likeness (QED) is 0.179. The molecule has 0 spiro atoms. The van der Waals surface area contributed by atoms with Crippen LogP contribution in [0.25, 0.3) is 0 Å². The van der Waals surface area contributed by atoms with Crippen molar-refractivity contribution in [3.63, 3.8) is 0 Å². The first kappa shape index (κ1) is 32.3. The second-order valence-electron chi connectivity index (χ2n) is 10.6. The smallest absolute Gasteiger partial charge is 0.326 e. The molecule has 0 bridgehead atoms. The first-order valence-electron chi connectivity index (χ1n) is 13.4. The number of carboxylic acid groups (broad SMARTS) is 1. The largest absolute Gasteiger partial charge is 0.480 e. The topological polar surface area (TPSA) is 159 Å². The highest BCUT2D eigenvalue weighted by molar-refractivity contribution is 8.02. The van der Waals surface area contributed by atoms with Crippen LogP contribution in [0.15, 0.2) is 64.5 Å². The Hall–Kier alpha value is -3.22. The molecule has 3 rings (SSSR count). The maximum absolute atomic E-state index is 13.6. The number of carbonyl (C=O) groups is 3. The molecule has 0 aromatic heterocycles. The highest BCUT2D eigenvalue weighted by Crippen LogP contribution is 2.46. The van der Waals surface area contributed by atoms with Gasteiger partial charge in [0.15, 0.2) is 0 Å². The zero-order valence-corrected chi connectivity index (χ0v) is 25.4. The van der Waals surface area contributed by atoms with E-state index in [-0.39, 0.29) is 23.5 Å². The van der Waals surface area contributed by atoms with Crippen molar-refractivity contribution in [3.05, 3.63) is 65.7 Å². The Kier molecular flexibility index (Phi) is 10.7. The van der Waals surface area contributed by atoms with Gasteiger partial charge in [0.1, 0.15) is 17.9 Å². The third kappa shape index (κ3) is 8.40. The number of hydrogen-bond acceptors (Lipinski definition) is 7. The van der Waals surface area contributed by atoms with Crippen LogP contribution >= 0.6 is 11.8 Å². The summed E-state index contributed by atoms with van der Waals surface area (Å²) in [5.41, 5.74) is 6.95. The molecule has 4 N–H and O–H groups in total. The van der Waals surface area contributed by atoms with Crippen LogP contribution in [-0.2, 0) is 37.2 Å². The number of sulfonamides is 1. The predicted molar refractivity (Wildman–Crippen MR) is 160 cm³/mol. The van der Waals surface area contributed by atoms with Crippen LogP contribution in [0.4, 0.5) is 0 Å². The first-order valence-corrected chi connectivity index (χ1v) is 15.7. The minimum absolute atomic E-state index is 0.00692. The molecule has 1 saturated heterocycles. The number of carboxylic acids is 1. The normalized spacial score (nSPS) is 20.0. The van der Waals surface area contributed by atoms with Gasteiger partial charge < -0.3 is 16.2 Å². The number of nitrogens with one attached hydrogen (secondary N) is 1. The van der Waals surface area contributed by atoms with E-state index in [1.54, 1.807) is 70.2 Å². The second-order valence-corrected chi connectivity index (χ2v) is 14.4. The predicted octanol–water partition coefficient (Wildman–Crippen LogP) is 3.00. The lowest BCUT2D eigenvalue weighted by atomic mass is 9.99. The number of aliphatic carboxylic acids is 1. The Balaban J connectivity index is 1.70. The lowest BCUT2D eigenvalue weighted by Crippen LogP contribution is -2.57. The van der Waals surface area contributed by atoms with Gasteiger partial charge in [0, 0.05) is 30.6 Å². The number of nitrogens with zero attached hydrogens (tertiary/aromatic N) is 2. The van der Waals surface area contributed by atoms with E-state index < -0.39 is 44.1 Å². The second kappa shape index (κ2) is 13.6. The van der Waals surface area contributed by atoms with Crippen LogP contribution in [0, 0.1) is 0 Å². The van der Waals surface area contributed by atoms with Gasteiger partial charge in [-0.3, -0.25) is 14.6 Å². The number of aliphatic imine (C=N–C) groups is 1. The fraction of sp³-hybridized carbons (Fsp3) is 0.448. The molecule has 1 aliphatic rings. The average molecular weight is 603 g/mol. The Bertz CT molecular complexity index is 1370. The van der Waals surface area contributed by atoms with Crippen LogP contribution in [0.3, 0.4) is 0 Å². The van der Waals surface area contributed by atoms with Crippen molar-refractivity contribution >= 4 is 45.3 Å². The van der Waals surface area contributed by atoms with Gasteiger partial charge in [-0.2, -0.15) is 4.31 Å². The molecule has 2 aromatic carbocycles. The summed E-state index contributed by atoms with van der Waals surface area (Å²) in [7, 11) is -4.03. The summed E-state index contributed by atoms with van der Waals surface area (Å²) in [6, 6.07) is 12.5. The van der Waals surface area contributed by atoms with Crippen LogP contribution < -0.4 is 11.1 Å². The first-order chi connectivity index (χ1) is 19.2. The Morgan fingerprint density at radius 1 is 1.10 bits per heavy atom. The maximum Gasteiger partial charge on any atom is 0.326 e.